The first kappa shape index (κ1) is 21.3. The summed E-state index contributed by atoms with van der Waals surface area (Å²) in [6.07, 6.45) is 9.73. The molecule has 0 N–H and O–H groups in total. The van der Waals surface area contributed by atoms with Gasteiger partial charge in [-0.15, -0.1) is 0 Å². The van der Waals surface area contributed by atoms with E-state index >= 15 is 0 Å². The van der Waals surface area contributed by atoms with E-state index in [1.54, 1.807) is 7.11 Å². The SMILES string of the molecule is C=C1CCC2[C@@H](C1)c1c(OC)cc(C(C)(C)CCCCCC)cc1OC2(C)C. The topological polar surface area (TPSA) is 18.5 Å². The highest BCUT2D eigenvalue weighted by Gasteiger charge is 2.47. The highest BCUT2D eigenvalue weighted by atomic mass is 16.5. The van der Waals surface area contributed by atoms with E-state index in [-0.39, 0.29) is 11.0 Å². The van der Waals surface area contributed by atoms with E-state index in [9.17, 15) is 0 Å². The number of allylic oxidation sites excluding steroid dienone is 1. The molecule has 1 heterocycles. The number of ether oxygens (including phenoxy) is 2. The molecule has 0 spiro atoms. The Bertz CT molecular complexity index is 713. The number of methoxy groups -OCH3 is 1. The molecule has 1 fully saturated rings. The molecule has 28 heavy (non-hydrogen) atoms. The third kappa shape index (κ3) is 4.11. The monoisotopic (exact) mass is 384 g/mol. The van der Waals surface area contributed by atoms with Crippen LogP contribution in [0.25, 0.3) is 0 Å². The molecule has 1 saturated carbocycles. The minimum absolute atomic E-state index is 0.122. The second-order valence-electron chi connectivity index (χ2n) is 10.2. The lowest BCUT2D eigenvalue weighted by Crippen LogP contribution is -2.46. The molecule has 156 valence electrons. The predicted molar refractivity (Wildman–Crippen MR) is 119 cm³/mol. The van der Waals surface area contributed by atoms with Crippen LogP contribution in [0.1, 0.15) is 103 Å². The van der Waals surface area contributed by atoms with Crippen LogP contribution in [-0.2, 0) is 5.41 Å². The summed E-state index contributed by atoms with van der Waals surface area (Å²) in [5, 5.41) is 0. The van der Waals surface area contributed by atoms with Gasteiger partial charge in [-0.2, -0.15) is 0 Å². The van der Waals surface area contributed by atoms with Gasteiger partial charge in [0.25, 0.3) is 0 Å². The first-order valence-electron chi connectivity index (χ1n) is 11.3. The molecule has 1 aliphatic heterocycles. The van der Waals surface area contributed by atoms with E-state index < -0.39 is 0 Å². The molecule has 1 aliphatic carbocycles. The zero-order valence-corrected chi connectivity index (χ0v) is 19.0. The van der Waals surface area contributed by atoms with Gasteiger partial charge in [-0.3, -0.25) is 0 Å². The molecule has 1 aromatic rings. The number of rotatable bonds is 7. The number of unbranched alkanes of at least 4 members (excludes halogenated alkanes) is 3. The minimum atomic E-state index is -0.146. The number of hydrogen-bond donors (Lipinski definition) is 0. The van der Waals surface area contributed by atoms with Crippen molar-refractivity contribution in [3.05, 3.63) is 35.4 Å². The average molecular weight is 385 g/mol. The van der Waals surface area contributed by atoms with Crippen molar-refractivity contribution in [1.29, 1.82) is 0 Å². The Hall–Kier alpha value is -1.44. The van der Waals surface area contributed by atoms with E-state index in [4.69, 9.17) is 9.47 Å². The molecule has 3 rings (SSSR count). The van der Waals surface area contributed by atoms with Gasteiger partial charge in [0.1, 0.15) is 17.1 Å². The molecule has 0 radical (unpaired) electrons. The summed E-state index contributed by atoms with van der Waals surface area (Å²) in [5.41, 5.74) is 3.96. The van der Waals surface area contributed by atoms with Crippen molar-refractivity contribution >= 4 is 0 Å². The Kier molecular flexibility index (Phi) is 6.17. The number of benzene rings is 1. The molecular weight excluding hydrogens is 344 g/mol. The van der Waals surface area contributed by atoms with E-state index in [1.165, 1.54) is 48.8 Å². The lowest BCUT2D eigenvalue weighted by Gasteiger charge is -2.48. The van der Waals surface area contributed by atoms with Crippen molar-refractivity contribution in [3.63, 3.8) is 0 Å². The molecule has 2 heteroatoms. The Labute approximate surface area is 172 Å². The summed E-state index contributed by atoms with van der Waals surface area (Å²) in [6.45, 7) is 15.8. The van der Waals surface area contributed by atoms with E-state index in [0.29, 0.717) is 11.8 Å². The zero-order valence-electron chi connectivity index (χ0n) is 19.0. The fourth-order valence-electron chi connectivity index (χ4n) is 5.36. The summed E-state index contributed by atoms with van der Waals surface area (Å²) in [5.74, 6) is 3.02. The predicted octanol–water partition coefficient (Wildman–Crippen LogP) is 7.55. The van der Waals surface area contributed by atoms with Gasteiger partial charge in [0.15, 0.2) is 0 Å². The summed E-state index contributed by atoms with van der Waals surface area (Å²) >= 11 is 0. The van der Waals surface area contributed by atoms with Crippen LogP contribution in [0, 0.1) is 5.92 Å². The highest BCUT2D eigenvalue weighted by Crippen LogP contribution is 2.56. The van der Waals surface area contributed by atoms with Crippen LogP contribution in [0.15, 0.2) is 24.3 Å². The molecule has 1 aromatic carbocycles. The van der Waals surface area contributed by atoms with Gasteiger partial charge in [-0.25, -0.2) is 0 Å². The summed E-state index contributed by atoms with van der Waals surface area (Å²) in [7, 11) is 1.81. The van der Waals surface area contributed by atoms with Crippen molar-refractivity contribution < 1.29 is 9.47 Å². The van der Waals surface area contributed by atoms with Crippen LogP contribution in [0.5, 0.6) is 11.5 Å². The Morgan fingerprint density at radius 1 is 1.21 bits per heavy atom. The maximum Gasteiger partial charge on any atom is 0.127 e. The van der Waals surface area contributed by atoms with E-state index in [0.717, 1.165) is 30.8 Å². The number of hydrogen-bond acceptors (Lipinski definition) is 2. The second kappa shape index (κ2) is 8.13. The molecule has 2 nitrogen and oxygen atoms in total. The molecule has 1 unspecified atom stereocenters. The third-order valence-electron chi connectivity index (χ3n) is 7.20. The van der Waals surface area contributed by atoms with Gasteiger partial charge in [0, 0.05) is 17.4 Å². The first-order chi connectivity index (χ1) is 13.2. The number of fused-ring (bicyclic) bond motifs is 3. The zero-order chi connectivity index (χ0) is 20.5. The van der Waals surface area contributed by atoms with Gasteiger partial charge in [-0.05, 0) is 62.6 Å². The van der Waals surface area contributed by atoms with Crippen LogP contribution in [0.4, 0.5) is 0 Å². The van der Waals surface area contributed by atoms with Crippen LogP contribution in [-0.4, -0.2) is 12.7 Å². The normalized spacial score (nSPS) is 23.6. The summed E-state index contributed by atoms with van der Waals surface area (Å²) in [6, 6.07) is 4.60. The van der Waals surface area contributed by atoms with Gasteiger partial charge in [-0.1, -0.05) is 58.6 Å². The average Bonchev–Trinajstić information content (AvgIpc) is 2.63. The highest BCUT2D eigenvalue weighted by molar-refractivity contribution is 5.54. The fraction of sp³-hybridized carbons (Fsp3) is 0.692. The van der Waals surface area contributed by atoms with Gasteiger partial charge in [0.05, 0.1) is 7.11 Å². The van der Waals surface area contributed by atoms with Crippen LogP contribution in [0.3, 0.4) is 0 Å². The van der Waals surface area contributed by atoms with Crippen molar-refractivity contribution in [2.75, 3.05) is 7.11 Å². The first-order valence-corrected chi connectivity index (χ1v) is 11.3. The maximum absolute atomic E-state index is 6.64. The molecule has 0 aromatic heterocycles. The van der Waals surface area contributed by atoms with Gasteiger partial charge >= 0.3 is 0 Å². The maximum atomic E-state index is 6.64. The quantitative estimate of drug-likeness (QED) is 0.357. The van der Waals surface area contributed by atoms with Crippen molar-refractivity contribution in [2.45, 2.75) is 103 Å². The molecule has 2 aliphatic rings. The van der Waals surface area contributed by atoms with Crippen molar-refractivity contribution in [1.82, 2.24) is 0 Å². The second-order valence-corrected chi connectivity index (χ2v) is 10.2. The fourth-order valence-corrected chi connectivity index (χ4v) is 5.36. The van der Waals surface area contributed by atoms with Crippen LogP contribution >= 0.6 is 0 Å². The summed E-state index contributed by atoms with van der Waals surface area (Å²) in [4.78, 5) is 0. The Balaban J connectivity index is 1.97. The Morgan fingerprint density at radius 2 is 1.96 bits per heavy atom. The summed E-state index contributed by atoms with van der Waals surface area (Å²) < 4.78 is 12.6. The van der Waals surface area contributed by atoms with Crippen molar-refractivity contribution in [2.24, 2.45) is 5.92 Å². The molecule has 0 bridgehead atoms. The third-order valence-corrected chi connectivity index (χ3v) is 7.20. The molecule has 0 saturated heterocycles. The lowest BCUT2D eigenvalue weighted by atomic mass is 9.65. The molecule has 2 atom stereocenters. The van der Waals surface area contributed by atoms with Crippen molar-refractivity contribution in [3.8, 4) is 11.5 Å². The minimum Gasteiger partial charge on any atom is -0.496 e. The van der Waals surface area contributed by atoms with Crippen LogP contribution in [0.2, 0.25) is 0 Å². The van der Waals surface area contributed by atoms with Crippen LogP contribution < -0.4 is 9.47 Å². The smallest absolute Gasteiger partial charge is 0.127 e. The lowest BCUT2D eigenvalue weighted by molar-refractivity contribution is -0.000989. The van der Waals surface area contributed by atoms with E-state index in [1.807, 2.05) is 0 Å². The largest absolute Gasteiger partial charge is 0.496 e. The standard InChI is InChI=1S/C26H40O2/c1-8-9-10-11-14-25(3,4)19-16-22(27-7)24-20-15-18(2)12-13-21(20)26(5,6)28-23(24)17-19/h16-17,20-21H,2,8-15H2,1,3-7H3/t20-,21?/m1/s1. The Morgan fingerprint density at radius 3 is 2.64 bits per heavy atom. The van der Waals surface area contributed by atoms with E-state index in [2.05, 4.69) is 53.3 Å². The van der Waals surface area contributed by atoms with Gasteiger partial charge < -0.3 is 9.47 Å². The molecular formula is C26H40O2. The molecule has 0 amide bonds. The van der Waals surface area contributed by atoms with Gasteiger partial charge in [0.2, 0.25) is 0 Å².